The van der Waals surface area contributed by atoms with Gasteiger partial charge in [0.1, 0.15) is 12.2 Å². The molecule has 4 N–H and O–H groups in total. The van der Waals surface area contributed by atoms with Crippen LogP contribution in [0.2, 0.25) is 0 Å². The van der Waals surface area contributed by atoms with Crippen molar-refractivity contribution in [3.05, 3.63) is 24.3 Å². The fraction of sp³-hybridized carbons (Fsp3) is 0.762. The SMILES string of the molecule is C=C(C)/C=C/COCCOCCNC(=O)CCCCO[C@H]1C[C@@H](O)[C@@H](O)[C@@H](CO)O1. The molecule has 0 spiro atoms. The molecule has 174 valence electrons. The van der Waals surface area contributed by atoms with Crippen molar-refractivity contribution in [2.24, 2.45) is 0 Å². The lowest BCUT2D eigenvalue weighted by Crippen LogP contribution is -2.50. The fourth-order valence-electron chi connectivity index (χ4n) is 2.75. The van der Waals surface area contributed by atoms with Crippen molar-refractivity contribution in [1.29, 1.82) is 0 Å². The highest BCUT2D eigenvalue weighted by atomic mass is 16.7. The Morgan fingerprint density at radius 2 is 1.97 bits per heavy atom. The minimum absolute atomic E-state index is 0.0485. The summed E-state index contributed by atoms with van der Waals surface area (Å²) in [6.07, 6.45) is 2.02. The number of aliphatic hydroxyl groups excluding tert-OH is 3. The lowest BCUT2D eigenvalue weighted by atomic mass is 10.0. The first kappa shape index (κ1) is 26.7. The van der Waals surface area contributed by atoms with Crippen LogP contribution < -0.4 is 5.32 Å². The summed E-state index contributed by atoms with van der Waals surface area (Å²) in [5.41, 5.74) is 0.980. The normalized spacial score (nSPS) is 24.3. The van der Waals surface area contributed by atoms with E-state index in [2.05, 4.69) is 11.9 Å². The van der Waals surface area contributed by atoms with Gasteiger partial charge in [0.2, 0.25) is 5.91 Å². The van der Waals surface area contributed by atoms with Crippen LogP contribution in [-0.4, -0.2) is 92.0 Å². The predicted molar refractivity (Wildman–Crippen MR) is 111 cm³/mol. The van der Waals surface area contributed by atoms with E-state index in [1.54, 1.807) is 0 Å². The number of rotatable bonds is 16. The van der Waals surface area contributed by atoms with E-state index in [0.29, 0.717) is 58.8 Å². The van der Waals surface area contributed by atoms with Gasteiger partial charge in [0.25, 0.3) is 0 Å². The summed E-state index contributed by atoms with van der Waals surface area (Å²) in [5.74, 6) is -0.0485. The van der Waals surface area contributed by atoms with E-state index in [1.165, 1.54) is 0 Å². The molecule has 1 aliphatic heterocycles. The summed E-state index contributed by atoms with van der Waals surface area (Å²) >= 11 is 0. The molecule has 0 unspecified atom stereocenters. The maximum atomic E-state index is 11.8. The van der Waals surface area contributed by atoms with Crippen LogP contribution in [0.25, 0.3) is 0 Å². The molecule has 1 rings (SSSR count). The van der Waals surface area contributed by atoms with Gasteiger partial charge in [-0.2, -0.15) is 0 Å². The Morgan fingerprint density at radius 1 is 1.20 bits per heavy atom. The number of hydrogen-bond donors (Lipinski definition) is 4. The minimum Gasteiger partial charge on any atom is -0.394 e. The largest absolute Gasteiger partial charge is 0.394 e. The van der Waals surface area contributed by atoms with Crippen molar-refractivity contribution < 1.29 is 39.1 Å². The average molecular weight is 432 g/mol. The van der Waals surface area contributed by atoms with E-state index in [0.717, 1.165) is 5.57 Å². The van der Waals surface area contributed by atoms with Crippen LogP contribution >= 0.6 is 0 Å². The first-order valence-electron chi connectivity index (χ1n) is 10.4. The smallest absolute Gasteiger partial charge is 0.220 e. The summed E-state index contributed by atoms with van der Waals surface area (Å²) in [6.45, 7) is 8.02. The van der Waals surface area contributed by atoms with Crippen LogP contribution in [0.4, 0.5) is 0 Å². The van der Waals surface area contributed by atoms with Crippen molar-refractivity contribution in [3.63, 3.8) is 0 Å². The summed E-state index contributed by atoms with van der Waals surface area (Å²) in [5, 5.41) is 31.3. The summed E-state index contributed by atoms with van der Waals surface area (Å²) in [6, 6.07) is 0. The molecule has 1 heterocycles. The molecule has 0 saturated carbocycles. The highest BCUT2D eigenvalue weighted by Crippen LogP contribution is 2.21. The van der Waals surface area contributed by atoms with E-state index in [4.69, 9.17) is 24.1 Å². The van der Waals surface area contributed by atoms with E-state index in [1.807, 2.05) is 19.1 Å². The number of nitrogens with one attached hydrogen (secondary N) is 1. The van der Waals surface area contributed by atoms with Gasteiger partial charge in [0.05, 0.1) is 39.1 Å². The molecule has 1 saturated heterocycles. The van der Waals surface area contributed by atoms with E-state index in [9.17, 15) is 15.0 Å². The first-order chi connectivity index (χ1) is 14.4. The molecule has 0 aromatic heterocycles. The number of allylic oxidation sites excluding steroid dienone is 2. The number of aliphatic hydroxyl groups is 3. The number of hydrogen-bond acceptors (Lipinski definition) is 8. The maximum Gasteiger partial charge on any atom is 0.220 e. The third kappa shape index (κ3) is 12.4. The van der Waals surface area contributed by atoms with Crippen LogP contribution in [0.1, 0.15) is 32.6 Å². The van der Waals surface area contributed by atoms with Crippen LogP contribution in [0, 0.1) is 0 Å². The van der Waals surface area contributed by atoms with Gasteiger partial charge in [0.15, 0.2) is 6.29 Å². The Bertz CT molecular complexity index is 513. The van der Waals surface area contributed by atoms with Gasteiger partial charge in [0, 0.05) is 26.0 Å². The number of unbranched alkanes of at least 4 members (excludes halogenated alkanes) is 1. The van der Waals surface area contributed by atoms with Crippen molar-refractivity contribution in [1.82, 2.24) is 5.32 Å². The number of carbonyl (C=O) groups is 1. The van der Waals surface area contributed by atoms with Gasteiger partial charge in [-0.3, -0.25) is 4.79 Å². The zero-order chi connectivity index (χ0) is 22.2. The molecular formula is C21H37NO8. The van der Waals surface area contributed by atoms with Crippen molar-refractivity contribution in [2.75, 3.05) is 46.2 Å². The van der Waals surface area contributed by atoms with Crippen LogP contribution in [0.15, 0.2) is 24.3 Å². The second-order valence-electron chi connectivity index (χ2n) is 7.19. The topological polar surface area (TPSA) is 127 Å². The summed E-state index contributed by atoms with van der Waals surface area (Å²) in [4.78, 5) is 11.8. The molecule has 0 aromatic rings. The second-order valence-corrected chi connectivity index (χ2v) is 7.19. The van der Waals surface area contributed by atoms with Gasteiger partial charge in [-0.25, -0.2) is 0 Å². The third-order valence-corrected chi connectivity index (χ3v) is 4.37. The lowest BCUT2D eigenvalue weighted by Gasteiger charge is -2.36. The number of carbonyl (C=O) groups excluding carboxylic acids is 1. The minimum atomic E-state index is -1.11. The van der Waals surface area contributed by atoms with Crippen LogP contribution in [0.5, 0.6) is 0 Å². The van der Waals surface area contributed by atoms with Crippen molar-refractivity contribution in [2.45, 2.75) is 57.2 Å². The van der Waals surface area contributed by atoms with Crippen LogP contribution in [0.3, 0.4) is 0 Å². The molecule has 0 bridgehead atoms. The summed E-state index contributed by atoms with van der Waals surface area (Å²) < 4.78 is 21.6. The van der Waals surface area contributed by atoms with Gasteiger partial charge in [-0.05, 0) is 19.8 Å². The Balaban J connectivity index is 1.92. The monoisotopic (exact) mass is 431 g/mol. The molecule has 9 heteroatoms. The van der Waals surface area contributed by atoms with E-state index in [-0.39, 0.29) is 18.9 Å². The molecule has 4 atom stereocenters. The molecule has 1 aliphatic rings. The van der Waals surface area contributed by atoms with Crippen LogP contribution in [-0.2, 0) is 23.7 Å². The van der Waals surface area contributed by atoms with E-state index < -0.39 is 24.6 Å². The average Bonchev–Trinajstić information content (AvgIpc) is 2.71. The molecule has 0 radical (unpaired) electrons. The van der Waals surface area contributed by atoms with Gasteiger partial charge in [-0.1, -0.05) is 24.3 Å². The Kier molecular flexibility index (Phi) is 14.6. The van der Waals surface area contributed by atoms with E-state index >= 15 is 0 Å². The molecule has 1 amide bonds. The summed E-state index contributed by atoms with van der Waals surface area (Å²) in [7, 11) is 0. The standard InChI is InChI=1S/C21H37NO8/c1-16(2)6-5-9-27-12-13-28-11-8-22-19(25)7-3-4-10-29-20-14-17(24)21(26)18(15-23)30-20/h5-6,17-18,20-21,23-24,26H,1,3-4,7-15H2,2H3,(H,22,25)/b6-5+/t17-,18-,20-,21-/m1/s1. The van der Waals surface area contributed by atoms with Crippen molar-refractivity contribution in [3.8, 4) is 0 Å². The highest BCUT2D eigenvalue weighted by molar-refractivity contribution is 5.75. The third-order valence-electron chi connectivity index (χ3n) is 4.37. The highest BCUT2D eigenvalue weighted by Gasteiger charge is 2.36. The molecule has 0 aliphatic carbocycles. The molecule has 1 fully saturated rings. The van der Waals surface area contributed by atoms with Crippen molar-refractivity contribution >= 4 is 5.91 Å². The van der Waals surface area contributed by atoms with Gasteiger partial charge < -0.3 is 39.6 Å². The molecule has 0 aromatic carbocycles. The zero-order valence-electron chi connectivity index (χ0n) is 17.8. The first-order valence-corrected chi connectivity index (χ1v) is 10.4. The fourth-order valence-corrected chi connectivity index (χ4v) is 2.75. The van der Waals surface area contributed by atoms with Gasteiger partial charge >= 0.3 is 0 Å². The predicted octanol–water partition coefficient (Wildman–Crippen LogP) is 0.284. The zero-order valence-corrected chi connectivity index (χ0v) is 17.8. The molecule has 30 heavy (non-hydrogen) atoms. The number of amides is 1. The van der Waals surface area contributed by atoms with Gasteiger partial charge in [-0.15, -0.1) is 0 Å². The second kappa shape index (κ2) is 16.4. The quantitative estimate of drug-likeness (QED) is 0.203. The lowest BCUT2D eigenvalue weighted by molar-refractivity contribution is -0.256. The molecular weight excluding hydrogens is 394 g/mol. The molecule has 9 nitrogen and oxygen atoms in total. The Morgan fingerprint density at radius 3 is 2.70 bits per heavy atom. The maximum absolute atomic E-state index is 11.8. The Labute approximate surface area is 178 Å². The Hall–Kier alpha value is -1.33. The number of ether oxygens (including phenoxy) is 4.